The van der Waals surface area contributed by atoms with Gasteiger partial charge in [-0.2, -0.15) is 0 Å². The average Bonchev–Trinajstić information content (AvgIpc) is 2.03. The van der Waals surface area contributed by atoms with Crippen molar-refractivity contribution in [2.75, 3.05) is 0 Å². The molecule has 0 atom stereocenters. The molecule has 0 nitrogen and oxygen atoms in total. The lowest BCUT2D eigenvalue weighted by molar-refractivity contribution is 1.13. The van der Waals surface area contributed by atoms with Crippen LogP contribution in [0.5, 0.6) is 0 Å². The first-order valence-corrected chi connectivity index (χ1v) is 5.44. The standard InChI is InChI=1S/C8H9BBr2/c10-9(11)7-6-8-4-2-1-3-5-8/h1-5H,6-7H2. The molecular formula is C8H9BBr2. The Balaban J connectivity index is 2.39. The highest BCUT2D eigenvalue weighted by atomic mass is 79.9. The van der Waals surface area contributed by atoms with E-state index >= 15 is 0 Å². The van der Waals surface area contributed by atoms with Gasteiger partial charge in [-0.1, -0.05) is 30.3 Å². The summed E-state index contributed by atoms with van der Waals surface area (Å²) in [6.45, 7) is 0. The monoisotopic (exact) mass is 274 g/mol. The molecule has 1 aromatic carbocycles. The number of benzene rings is 1. The van der Waals surface area contributed by atoms with Crippen LogP contribution in [0, 0.1) is 0 Å². The largest absolute Gasteiger partial charge is 0.298 e. The third-order valence-electron chi connectivity index (χ3n) is 1.49. The maximum Gasteiger partial charge on any atom is 0.298 e. The summed E-state index contributed by atoms with van der Waals surface area (Å²) in [4.78, 5) is 0. The summed E-state index contributed by atoms with van der Waals surface area (Å²) < 4.78 is 0.440. The van der Waals surface area contributed by atoms with E-state index in [4.69, 9.17) is 0 Å². The van der Waals surface area contributed by atoms with Gasteiger partial charge in [0.2, 0.25) is 0 Å². The number of rotatable bonds is 3. The summed E-state index contributed by atoms with van der Waals surface area (Å²) in [7, 11) is 0. The van der Waals surface area contributed by atoms with Crippen LogP contribution in [-0.4, -0.2) is 4.36 Å². The summed E-state index contributed by atoms with van der Waals surface area (Å²) in [6.07, 6.45) is 2.26. The Morgan fingerprint density at radius 2 is 1.73 bits per heavy atom. The van der Waals surface area contributed by atoms with E-state index < -0.39 is 0 Å². The number of hydrogen-bond donors (Lipinski definition) is 0. The van der Waals surface area contributed by atoms with Gasteiger partial charge in [0.05, 0.1) is 0 Å². The molecule has 0 aliphatic carbocycles. The summed E-state index contributed by atoms with van der Waals surface area (Å²) in [6, 6.07) is 10.5. The molecular weight excluding hydrogens is 267 g/mol. The lowest BCUT2D eigenvalue weighted by Crippen LogP contribution is -1.93. The van der Waals surface area contributed by atoms with E-state index in [2.05, 4.69) is 55.8 Å². The lowest BCUT2D eigenvalue weighted by Gasteiger charge is -1.98. The van der Waals surface area contributed by atoms with E-state index in [1.165, 1.54) is 5.56 Å². The normalized spacial score (nSPS) is 9.64. The Hall–Kier alpha value is 0.245. The van der Waals surface area contributed by atoms with Crippen LogP contribution in [0.3, 0.4) is 0 Å². The zero-order valence-corrected chi connectivity index (χ0v) is 9.31. The predicted molar refractivity (Wildman–Crippen MR) is 58.6 cm³/mol. The van der Waals surface area contributed by atoms with Gasteiger partial charge in [-0.05, 0) is 18.3 Å². The highest BCUT2D eigenvalue weighted by molar-refractivity contribution is 9.49. The number of hydrogen-bond acceptors (Lipinski definition) is 0. The molecule has 0 saturated carbocycles. The summed E-state index contributed by atoms with van der Waals surface area (Å²) in [5.74, 6) is 0. The summed E-state index contributed by atoms with van der Waals surface area (Å²) in [5.41, 5.74) is 1.40. The van der Waals surface area contributed by atoms with Crippen molar-refractivity contribution in [1.82, 2.24) is 0 Å². The van der Waals surface area contributed by atoms with E-state index in [0.717, 1.165) is 12.7 Å². The first kappa shape index (κ1) is 9.33. The zero-order valence-electron chi connectivity index (χ0n) is 6.13. The summed E-state index contributed by atoms with van der Waals surface area (Å²) in [5, 5.41) is 0. The van der Waals surface area contributed by atoms with Gasteiger partial charge in [0.15, 0.2) is 0 Å². The van der Waals surface area contributed by atoms with Crippen molar-refractivity contribution < 1.29 is 0 Å². The van der Waals surface area contributed by atoms with Crippen LogP contribution >= 0.6 is 31.5 Å². The van der Waals surface area contributed by atoms with E-state index in [-0.39, 0.29) is 0 Å². The molecule has 58 valence electrons. The van der Waals surface area contributed by atoms with Crippen molar-refractivity contribution >= 4 is 35.9 Å². The minimum atomic E-state index is 0.440. The fraction of sp³-hybridized carbons (Fsp3) is 0.250. The second-order valence-electron chi connectivity index (χ2n) is 2.42. The van der Waals surface area contributed by atoms with Crippen LogP contribution in [0.4, 0.5) is 0 Å². The van der Waals surface area contributed by atoms with Crippen molar-refractivity contribution in [1.29, 1.82) is 0 Å². The Bertz CT molecular complexity index is 199. The SMILES string of the molecule is BrB(Br)CCc1ccccc1. The molecule has 0 aliphatic heterocycles. The minimum absolute atomic E-state index is 0.440. The molecule has 0 aliphatic rings. The van der Waals surface area contributed by atoms with Crippen LogP contribution in [0.2, 0.25) is 6.32 Å². The molecule has 3 heteroatoms. The maximum absolute atomic E-state index is 3.45. The van der Waals surface area contributed by atoms with Crippen LogP contribution < -0.4 is 0 Å². The molecule has 0 bridgehead atoms. The Labute approximate surface area is 84.4 Å². The Kier molecular flexibility index (Phi) is 4.24. The van der Waals surface area contributed by atoms with E-state index in [1.807, 2.05) is 6.07 Å². The molecule has 0 N–H and O–H groups in total. The first-order valence-electron chi connectivity index (χ1n) is 3.61. The molecule has 0 radical (unpaired) electrons. The van der Waals surface area contributed by atoms with Crippen LogP contribution in [0.1, 0.15) is 5.56 Å². The van der Waals surface area contributed by atoms with Crippen LogP contribution in [0.15, 0.2) is 30.3 Å². The third kappa shape index (κ3) is 3.97. The molecule has 0 spiro atoms. The molecule has 0 aromatic heterocycles. The predicted octanol–water partition coefficient (Wildman–Crippen LogP) is 3.51. The number of halogens is 2. The zero-order chi connectivity index (χ0) is 8.10. The molecule has 0 unspecified atom stereocenters. The Morgan fingerprint density at radius 1 is 1.09 bits per heavy atom. The molecule has 1 aromatic rings. The van der Waals surface area contributed by atoms with E-state index in [1.54, 1.807) is 0 Å². The molecule has 0 saturated heterocycles. The van der Waals surface area contributed by atoms with Gasteiger partial charge in [0.1, 0.15) is 0 Å². The fourth-order valence-corrected chi connectivity index (χ4v) is 1.38. The smallest absolute Gasteiger partial charge is 0.139 e. The van der Waals surface area contributed by atoms with Crippen molar-refractivity contribution in [3.63, 3.8) is 0 Å². The van der Waals surface area contributed by atoms with Crippen molar-refractivity contribution in [3.8, 4) is 0 Å². The van der Waals surface area contributed by atoms with Gasteiger partial charge in [0, 0.05) is 0 Å². The van der Waals surface area contributed by atoms with E-state index in [0.29, 0.717) is 4.36 Å². The van der Waals surface area contributed by atoms with Gasteiger partial charge in [-0.15, -0.1) is 31.5 Å². The van der Waals surface area contributed by atoms with Crippen molar-refractivity contribution in [3.05, 3.63) is 35.9 Å². The highest BCUT2D eigenvalue weighted by Gasteiger charge is 2.02. The number of aryl methyl sites for hydroxylation is 1. The second kappa shape index (κ2) is 4.99. The van der Waals surface area contributed by atoms with Crippen LogP contribution in [0.25, 0.3) is 0 Å². The van der Waals surface area contributed by atoms with Gasteiger partial charge in [0.25, 0.3) is 4.36 Å². The van der Waals surface area contributed by atoms with Crippen molar-refractivity contribution in [2.24, 2.45) is 0 Å². The molecule has 11 heavy (non-hydrogen) atoms. The van der Waals surface area contributed by atoms with Gasteiger partial charge in [-0.25, -0.2) is 0 Å². The summed E-state index contributed by atoms with van der Waals surface area (Å²) >= 11 is 6.90. The Morgan fingerprint density at radius 3 is 2.27 bits per heavy atom. The highest BCUT2D eigenvalue weighted by Crippen LogP contribution is 2.12. The average molecular weight is 276 g/mol. The molecule has 0 fully saturated rings. The minimum Gasteiger partial charge on any atom is -0.139 e. The molecule has 0 amide bonds. The van der Waals surface area contributed by atoms with E-state index in [9.17, 15) is 0 Å². The topological polar surface area (TPSA) is 0 Å². The molecule has 1 rings (SSSR count). The van der Waals surface area contributed by atoms with Gasteiger partial charge in [-0.3, -0.25) is 0 Å². The van der Waals surface area contributed by atoms with Crippen LogP contribution in [-0.2, 0) is 6.42 Å². The van der Waals surface area contributed by atoms with Crippen molar-refractivity contribution in [2.45, 2.75) is 12.7 Å². The maximum atomic E-state index is 3.45. The van der Waals surface area contributed by atoms with Gasteiger partial charge >= 0.3 is 0 Å². The fourth-order valence-electron chi connectivity index (χ4n) is 0.920. The first-order chi connectivity index (χ1) is 5.29. The van der Waals surface area contributed by atoms with Gasteiger partial charge < -0.3 is 0 Å². The molecule has 0 heterocycles. The third-order valence-corrected chi connectivity index (χ3v) is 2.41. The lowest BCUT2D eigenvalue weighted by atomic mass is 9.97. The quantitative estimate of drug-likeness (QED) is 0.741. The second-order valence-corrected chi connectivity index (χ2v) is 5.85.